The number of aldehydes is 1. The number of hydrazine groups is 1. The Bertz CT molecular complexity index is 267. The summed E-state index contributed by atoms with van der Waals surface area (Å²) >= 11 is 0. The number of hydrogen-bond donors (Lipinski definition) is 0. The topological polar surface area (TPSA) is 40.6 Å². The first-order valence-electron chi connectivity index (χ1n) is 5.73. The fourth-order valence-corrected chi connectivity index (χ4v) is 2.71. The summed E-state index contributed by atoms with van der Waals surface area (Å²) in [4.78, 5) is 22.3. The van der Waals surface area contributed by atoms with Gasteiger partial charge in [0.05, 0.1) is 12.1 Å². The average molecular weight is 210 g/mol. The highest BCUT2D eigenvalue weighted by Crippen LogP contribution is 2.26. The van der Waals surface area contributed by atoms with Crippen molar-refractivity contribution in [3.8, 4) is 0 Å². The van der Waals surface area contributed by atoms with Crippen molar-refractivity contribution in [3.63, 3.8) is 0 Å². The van der Waals surface area contributed by atoms with Crippen molar-refractivity contribution < 1.29 is 9.59 Å². The fourth-order valence-electron chi connectivity index (χ4n) is 2.71. The second-order valence-electron chi connectivity index (χ2n) is 4.44. The smallest absolute Gasteiger partial charge is 0.148 e. The van der Waals surface area contributed by atoms with Crippen LogP contribution < -0.4 is 0 Å². The van der Waals surface area contributed by atoms with Crippen LogP contribution in [-0.2, 0) is 9.59 Å². The van der Waals surface area contributed by atoms with Crippen molar-refractivity contribution >= 4 is 12.1 Å². The highest BCUT2D eigenvalue weighted by Gasteiger charge is 2.37. The first-order chi connectivity index (χ1) is 7.24. The molecule has 2 heterocycles. The predicted octanol–water partition coefficient (Wildman–Crippen LogP) is 0.618. The summed E-state index contributed by atoms with van der Waals surface area (Å²) in [6, 6.07) is 0.0236. The van der Waals surface area contributed by atoms with Crippen LogP contribution >= 0.6 is 0 Å². The Hall–Kier alpha value is -0.740. The van der Waals surface area contributed by atoms with E-state index in [0.717, 1.165) is 45.1 Å². The van der Waals surface area contributed by atoms with Gasteiger partial charge in [0.15, 0.2) is 0 Å². The molecule has 2 fully saturated rings. The molecular weight excluding hydrogens is 192 g/mol. The van der Waals surface area contributed by atoms with Gasteiger partial charge in [-0.1, -0.05) is 0 Å². The van der Waals surface area contributed by atoms with E-state index in [0.29, 0.717) is 0 Å². The molecule has 2 rings (SSSR count). The van der Waals surface area contributed by atoms with Crippen LogP contribution in [0.4, 0.5) is 0 Å². The van der Waals surface area contributed by atoms with E-state index in [4.69, 9.17) is 0 Å². The third-order valence-corrected chi connectivity index (χ3v) is 3.45. The van der Waals surface area contributed by atoms with Crippen molar-refractivity contribution in [2.75, 3.05) is 13.1 Å². The van der Waals surface area contributed by atoms with Crippen LogP contribution in [0.5, 0.6) is 0 Å². The zero-order chi connectivity index (χ0) is 10.8. The molecule has 2 aliphatic heterocycles. The first-order valence-corrected chi connectivity index (χ1v) is 5.73. The van der Waals surface area contributed by atoms with Gasteiger partial charge >= 0.3 is 0 Å². The van der Waals surface area contributed by atoms with E-state index >= 15 is 0 Å². The van der Waals surface area contributed by atoms with Crippen LogP contribution in [0.3, 0.4) is 0 Å². The Morgan fingerprint density at radius 2 is 1.87 bits per heavy atom. The highest BCUT2D eigenvalue weighted by molar-refractivity contribution is 5.81. The number of hydrogen-bond acceptors (Lipinski definition) is 4. The molecule has 15 heavy (non-hydrogen) atoms. The largest absolute Gasteiger partial charge is 0.302 e. The Morgan fingerprint density at radius 3 is 2.53 bits per heavy atom. The second-order valence-corrected chi connectivity index (χ2v) is 4.44. The lowest BCUT2D eigenvalue weighted by Gasteiger charge is -2.34. The third-order valence-electron chi connectivity index (χ3n) is 3.45. The maximum absolute atomic E-state index is 11.5. The Morgan fingerprint density at radius 1 is 1.20 bits per heavy atom. The molecule has 0 aromatic heterocycles. The lowest BCUT2D eigenvalue weighted by atomic mass is 10.1. The summed E-state index contributed by atoms with van der Waals surface area (Å²) < 4.78 is 0. The normalized spacial score (nSPS) is 33.4. The molecule has 2 saturated heterocycles. The lowest BCUT2D eigenvalue weighted by molar-refractivity contribution is -0.134. The van der Waals surface area contributed by atoms with Crippen LogP contribution in [0.1, 0.15) is 32.6 Å². The number of nitrogens with zero attached hydrogens (tertiary/aromatic N) is 2. The molecular formula is C11H18N2O2. The SMILES string of the molecule is CC(=O)[C@@H]1CCCN1N1CCC[C@H]1C=O. The minimum Gasteiger partial charge on any atom is -0.302 e. The summed E-state index contributed by atoms with van der Waals surface area (Å²) in [6.07, 6.45) is 5.02. The molecule has 0 saturated carbocycles. The molecule has 0 spiro atoms. The number of carbonyl (C=O) groups excluding carboxylic acids is 2. The van der Waals surface area contributed by atoms with Crippen LogP contribution in [0.25, 0.3) is 0 Å². The molecule has 0 radical (unpaired) electrons. The maximum atomic E-state index is 11.5. The Balaban J connectivity index is 2.08. The molecule has 4 heteroatoms. The summed E-state index contributed by atoms with van der Waals surface area (Å²) in [5.74, 6) is 0.226. The van der Waals surface area contributed by atoms with Gasteiger partial charge < -0.3 is 4.79 Å². The second kappa shape index (κ2) is 4.41. The van der Waals surface area contributed by atoms with Crippen molar-refractivity contribution in [3.05, 3.63) is 0 Å². The Labute approximate surface area is 90.2 Å². The monoisotopic (exact) mass is 210 g/mol. The van der Waals surface area contributed by atoms with E-state index < -0.39 is 0 Å². The van der Waals surface area contributed by atoms with Crippen molar-refractivity contribution in [2.24, 2.45) is 0 Å². The van der Waals surface area contributed by atoms with Crippen LogP contribution in [-0.4, -0.2) is 47.3 Å². The summed E-state index contributed by atoms with van der Waals surface area (Å²) in [6.45, 7) is 3.50. The van der Waals surface area contributed by atoms with Gasteiger partial charge in [-0.3, -0.25) is 4.79 Å². The molecule has 0 bridgehead atoms. The molecule has 4 nitrogen and oxygen atoms in total. The number of ketones is 1. The highest BCUT2D eigenvalue weighted by atomic mass is 16.1. The van der Waals surface area contributed by atoms with Gasteiger partial charge in [-0.2, -0.15) is 0 Å². The lowest BCUT2D eigenvalue weighted by Crippen LogP contribution is -2.50. The Kier molecular flexibility index (Phi) is 3.17. The molecule has 2 aliphatic rings. The van der Waals surface area contributed by atoms with Crippen LogP contribution in [0.2, 0.25) is 0 Å². The summed E-state index contributed by atoms with van der Waals surface area (Å²) in [7, 11) is 0. The van der Waals surface area contributed by atoms with Crippen molar-refractivity contribution in [1.82, 2.24) is 10.0 Å². The minimum absolute atomic E-state index is 0.00458. The molecule has 0 unspecified atom stereocenters. The van der Waals surface area contributed by atoms with Gasteiger partial charge in [0.25, 0.3) is 0 Å². The third kappa shape index (κ3) is 1.96. The van der Waals surface area contributed by atoms with E-state index in [1.54, 1.807) is 6.92 Å². The average Bonchev–Trinajstić information content (AvgIpc) is 2.85. The molecule has 0 amide bonds. The molecule has 0 aromatic carbocycles. The molecule has 0 aromatic rings. The predicted molar refractivity (Wildman–Crippen MR) is 56.2 cm³/mol. The van der Waals surface area contributed by atoms with Crippen LogP contribution in [0, 0.1) is 0 Å². The van der Waals surface area contributed by atoms with Gasteiger partial charge in [0, 0.05) is 13.1 Å². The van der Waals surface area contributed by atoms with Crippen molar-refractivity contribution in [2.45, 2.75) is 44.7 Å². The molecule has 0 N–H and O–H groups in total. The maximum Gasteiger partial charge on any atom is 0.148 e. The van der Waals surface area contributed by atoms with Gasteiger partial charge in [0.2, 0.25) is 0 Å². The van der Waals surface area contributed by atoms with Crippen molar-refractivity contribution in [1.29, 1.82) is 0 Å². The van der Waals surface area contributed by atoms with Gasteiger partial charge in [-0.15, -0.1) is 0 Å². The van der Waals surface area contributed by atoms with E-state index in [9.17, 15) is 9.59 Å². The van der Waals surface area contributed by atoms with Gasteiger partial charge in [-0.05, 0) is 32.6 Å². The van der Waals surface area contributed by atoms with E-state index in [1.165, 1.54) is 0 Å². The fraction of sp³-hybridized carbons (Fsp3) is 0.818. The number of rotatable bonds is 3. The summed E-state index contributed by atoms with van der Waals surface area (Å²) in [5, 5.41) is 4.22. The van der Waals surface area contributed by atoms with E-state index in [2.05, 4.69) is 10.0 Å². The summed E-state index contributed by atoms with van der Waals surface area (Å²) in [5.41, 5.74) is 0. The van der Waals surface area contributed by atoms with E-state index in [-0.39, 0.29) is 17.9 Å². The minimum atomic E-state index is 0.00458. The zero-order valence-electron chi connectivity index (χ0n) is 9.19. The number of Topliss-reactive ketones (excluding diaryl/α,β-unsaturated/α-hetero) is 1. The molecule has 2 atom stereocenters. The van der Waals surface area contributed by atoms with Gasteiger partial charge in [0.1, 0.15) is 12.1 Å². The number of carbonyl (C=O) groups is 2. The molecule has 84 valence electrons. The zero-order valence-corrected chi connectivity index (χ0v) is 9.19. The van der Waals surface area contributed by atoms with Gasteiger partial charge in [-0.25, -0.2) is 10.0 Å². The first kappa shape index (κ1) is 10.8. The van der Waals surface area contributed by atoms with E-state index in [1.807, 2.05) is 0 Å². The standard InChI is InChI=1S/C11H18N2O2/c1-9(15)11-5-3-7-13(11)12-6-2-4-10(12)8-14/h8,10-11H,2-7H2,1H3/t10-,11-/m0/s1. The molecule has 0 aliphatic carbocycles. The quantitative estimate of drug-likeness (QED) is 0.640. The van der Waals surface area contributed by atoms with Crippen LogP contribution in [0.15, 0.2) is 0 Å².